The molecule has 0 aliphatic carbocycles. The summed E-state index contributed by atoms with van der Waals surface area (Å²) in [6.07, 6.45) is 1.53. The van der Waals surface area contributed by atoms with Crippen LogP contribution in [0.5, 0.6) is 0 Å². The maximum absolute atomic E-state index is 13.7. The molecule has 0 unspecified atom stereocenters. The molecular weight excluding hydrogens is 521 g/mol. The Morgan fingerprint density at radius 2 is 1.49 bits per heavy atom. The number of nitrogens with zero attached hydrogens (tertiary/aromatic N) is 2. The summed E-state index contributed by atoms with van der Waals surface area (Å²) in [5.74, 6) is -2.15. The summed E-state index contributed by atoms with van der Waals surface area (Å²) in [5, 5.41) is 13.9. The van der Waals surface area contributed by atoms with E-state index < -0.39 is 11.9 Å². The molecule has 0 aliphatic rings. The number of aromatic nitrogens is 2. The standard InChI is InChI=1S/C33H22FN3O4/c34-27-13-11-22(12-14-27)26-16-28-19-35-31(30(38)25-10-9-21-3-1-2-4-24(21)15-25)37(28)29(17-26)32(39)36-18-20-5-7-23(8-6-20)33(40)41/h1-17,19H,18H2,(H,36,39)(H,40,41). The maximum atomic E-state index is 13.7. The van der Waals surface area contributed by atoms with E-state index in [9.17, 15) is 18.8 Å². The Bertz CT molecular complexity index is 1960. The van der Waals surface area contributed by atoms with E-state index in [1.807, 2.05) is 30.3 Å². The topological polar surface area (TPSA) is 101 Å². The molecule has 7 nitrogen and oxygen atoms in total. The van der Waals surface area contributed by atoms with Crippen molar-refractivity contribution >= 4 is 33.9 Å². The van der Waals surface area contributed by atoms with Crippen molar-refractivity contribution in [3.05, 3.63) is 143 Å². The van der Waals surface area contributed by atoms with Crippen molar-refractivity contribution in [2.75, 3.05) is 0 Å². The van der Waals surface area contributed by atoms with Gasteiger partial charge >= 0.3 is 5.97 Å². The number of nitrogens with one attached hydrogen (secondary N) is 1. The number of aromatic carboxylic acids is 1. The fourth-order valence-corrected chi connectivity index (χ4v) is 4.77. The van der Waals surface area contributed by atoms with Crippen LogP contribution in [0.4, 0.5) is 4.39 Å². The van der Waals surface area contributed by atoms with E-state index in [0.29, 0.717) is 27.8 Å². The van der Waals surface area contributed by atoms with E-state index in [0.717, 1.165) is 10.8 Å². The Morgan fingerprint density at radius 1 is 0.780 bits per heavy atom. The van der Waals surface area contributed by atoms with Crippen molar-refractivity contribution in [2.24, 2.45) is 0 Å². The number of carbonyl (C=O) groups is 3. The Morgan fingerprint density at radius 3 is 2.22 bits per heavy atom. The summed E-state index contributed by atoms with van der Waals surface area (Å²) in [6.45, 7) is 0.129. The van der Waals surface area contributed by atoms with Gasteiger partial charge in [0.15, 0.2) is 5.82 Å². The molecular formula is C33H22FN3O4. The van der Waals surface area contributed by atoms with Crippen LogP contribution in [0.3, 0.4) is 0 Å². The van der Waals surface area contributed by atoms with Crippen molar-refractivity contribution in [1.29, 1.82) is 0 Å². The van der Waals surface area contributed by atoms with Gasteiger partial charge < -0.3 is 10.4 Å². The van der Waals surface area contributed by atoms with Gasteiger partial charge in [-0.1, -0.05) is 60.7 Å². The second kappa shape index (κ2) is 10.5. The molecule has 0 bridgehead atoms. The summed E-state index contributed by atoms with van der Waals surface area (Å²) in [5.41, 5.74) is 3.31. The van der Waals surface area contributed by atoms with Gasteiger partial charge in [0.2, 0.25) is 5.78 Å². The van der Waals surface area contributed by atoms with Gasteiger partial charge in [0, 0.05) is 12.1 Å². The third-order valence-electron chi connectivity index (χ3n) is 6.90. The molecule has 0 saturated heterocycles. The number of imidazole rings is 1. The minimum atomic E-state index is -1.04. The normalized spacial score (nSPS) is 11.0. The molecule has 0 fully saturated rings. The molecule has 41 heavy (non-hydrogen) atoms. The van der Waals surface area contributed by atoms with Crippen LogP contribution in [-0.2, 0) is 6.54 Å². The van der Waals surface area contributed by atoms with E-state index in [1.165, 1.54) is 34.9 Å². The fraction of sp³-hybridized carbons (Fsp3) is 0.0303. The number of carboxylic acid groups (broad SMARTS) is 1. The zero-order valence-electron chi connectivity index (χ0n) is 21.5. The largest absolute Gasteiger partial charge is 0.478 e. The van der Waals surface area contributed by atoms with Gasteiger partial charge in [-0.2, -0.15) is 0 Å². The van der Waals surface area contributed by atoms with Crippen LogP contribution in [0.15, 0.2) is 109 Å². The molecule has 6 rings (SSSR count). The molecule has 0 radical (unpaired) electrons. The highest BCUT2D eigenvalue weighted by molar-refractivity contribution is 6.10. The predicted octanol–water partition coefficient (Wildman–Crippen LogP) is 6.15. The first-order valence-corrected chi connectivity index (χ1v) is 12.8. The Hall–Kier alpha value is -5.63. The minimum Gasteiger partial charge on any atom is -0.478 e. The van der Waals surface area contributed by atoms with Crippen LogP contribution in [0.1, 0.15) is 42.6 Å². The van der Waals surface area contributed by atoms with Crippen molar-refractivity contribution < 1.29 is 23.9 Å². The van der Waals surface area contributed by atoms with Crippen LogP contribution in [-0.4, -0.2) is 32.2 Å². The SMILES string of the molecule is O=C(O)c1ccc(CNC(=O)c2cc(-c3ccc(F)cc3)cc3cnc(C(=O)c4ccc5ccccc5c4)n23)cc1. The third kappa shape index (κ3) is 5.06. The monoisotopic (exact) mass is 543 g/mol. The van der Waals surface area contributed by atoms with Gasteiger partial charge in [-0.15, -0.1) is 0 Å². The average molecular weight is 544 g/mol. The average Bonchev–Trinajstić information content (AvgIpc) is 3.43. The molecule has 200 valence electrons. The molecule has 1 amide bonds. The summed E-state index contributed by atoms with van der Waals surface area (Å²) < 4.78 is 15.1. The van der Waals surface area contributed by atoms with Gasteiger partial charge in [0.05, 0.1) is 17.3 Å². The van der Waals surface area contributed by atoms with Crippen LogP contribution >= 0.6 is 0 Å². The lowest BCUT2D eigenvalue weighted by atomic mass is 10.0. The van der Waals surface area contributed by atoms with Crippen molar-refractivity contribution in [3.8, 4) is 11.1 Å². The van der Waals surface area contributed by atoms with Crippen LogP contribution in [0.25, 0.3) is 27.4 Å². The third-order valence-corrected chi connectivity index (χ3v) is 6.90. The summed E-state index contributed by atoms with van der Waals surface area (Å²) in [6, 6.07) is 28.6. The van der Waals surface area contributed by atoms with Gasteiger partial charge in [-0.3, -0.25) is 14.0 Å². The molecule has 0 saturated carbocycles. The summed E-state index contributed by atoms with van der Waals surface area (Å²) >= 11 is 0. The number of hydrogen-bond acceptors (Lipinski definition) is 4. The fourth-order valence-electron chi connectivity index (χ4n) is 4.77. The quantitative estimate of drug-likeness (QED) is 0.235. The Labute approximate surface area is 233 Å². The molecule has 4 aromatic carbocycles. The second-order valence-electron chi connectivity index (χ2n) is 9.55. The minimum absolute atomic E-state index is 0.0805. The number of halogens is 1. The molecule has 0 atom stereocenters. The first-order chi connectivity index (χ1) is 19.9. The lowest BCUT2D eigenvalue weighted by Crippen LogP contribution is -2.26. The smallest absolute Gasteiger partial charge is 0.335 e. The summed E-state index contributed by atoms with van der Waals surface area (Å²) in [7, 11) is 0. The lowest BCUT2D eigenvalue weighted by molar-refractivity contribution is 0.0696. The number of amides is 1. The number of ketones is 1. The van der Waals surface area contributed by atoms with Gasteiger partial charge in [0.25, 0.3) is 5.91 Å². The van der Waals surface area contributed by atoms with Crippen molar-refractivity contribution in [1.82, 2.24) is 14.7 Å². The number of hydrogen-bond donors (Lipinski definition) is 2. The summed E-state index contributed by atoms with van der Waals surface area (Å²) in [4.78, 5) is 42.9. The lowest BCUT2D eigenvalue weighted by Gasteiger charge is -2.13. The molecule has 2 heterocycles. The Balaban J connectivity index is 1.41. The number of carbonyl (C=O) groups excluding carboxylic acids is 2. The van der Waals surface area contributed by atoms with Gasteiger partial charge in [0.1, 0.15) is 11.5 Å². The molecule has 0 aliphatic heterocycles. The van der Waals surface area contributed by atoms with Crippen LogP contribution in [0, 0.1) is 5.82 Å². The molecule has 8 heteroatoms. The number of pyridine rings is 1. The van der Waals surface area contributed by atoms with Crippen LogP contribution in [0.2, 0.25) is 0 Å². The highest BCUT2D eigenvalue weighted by Gasteiger charge is 2.22. The van der Waals surface area contributed by atoms with E-state index in [1.54, 1.807) is 48.5 Å². The molecule has 2 aromatic heterocycles. The van der Waals surface area contributed by atoms with Gasteiger partial charge in [-0.05, 0) is 69.9 Å². The number of carboxylic acids is 1. The van der Waals surface area contributed by atoms with Crippen molar-refractivity contribution in [3.63, 3.8) is 0 Å². The molecule has 0 spiro atoms. The van der Waals surface area contributed by atoms with E-state index in [-0.39, 0.29) is 35.2 Å². The van der Waals surface area contributed by atoms with E-state index in [2.05, 4.69) is 10.3 Å². The predicted molar refractivity (Wildman–Crippen MR) is 153 cm³/mol. The highest BCUT2D eigenvalue weighted by atomic mass is 19.1. The number of benzene rings is 4. The first-order valence-electron chi connectivity index (χ1n) is 12.8. The second-order valence-corrected chi connectivity index (χ2v) is 9.55. The van der Waals surface area contributed by atoms with E-state index >= 15 is 0 Å². The first kappa shape index (κ1) is 25.6. The van der Waals surface area contributed by atoms with Gasteiger partial charge in [-0.25, -0.2) is 14.2 Å². The number of fused-ring (bicyclic) bond motifs is 2. The van der Waals surface area contributed by atoms with Crippen molar-refractivity contribution in [2.45, 2.75) is 6.54 Å². The highest BCUT2D eigenvalue weighted by Crippen LogP contribution is 2.26. The molecule has 2 N–H and O–H groups in total. The van der Waals surface area contributed by atoms with Crippen LogP contribution < -0.4 is 5.32 Å². The Kier molecular flexibility index (Phi) is 6.57. The zero-order valence-corrected chi connectivity index (χ0v) is 21.5. The zero-order chi connectivity index (χ0) is 28.5. The van der Waals surface area contributed by atoms with E-state index in [4.69, 9.17) is 5.11 Å². The number of rotatable bonds is 7. The molecule has 6 aromatic rings. The maximum Gasteiger partial charge on any atom is 0.335 e.